The number of fused-ring (bicyclic) bond motifs is 1. The Kier molecular flexibility index (Phi) is 8.11. The van der Waals surface area contributed by atoms with E-state index in [9.17, 15) is 0 Å². The second-order valence-corrected chi connectivity index (χ2v) is 6.00. The van der Waals surface area contributed by atoms with Crippen LogP contribution in [0.2, 0.25) is 5.15 Å². The molecule has 2 heterocycles. The molecule has 0 spiro atoms. The van der Waals surface area contributed by atoms with Crippen molar-refractivity contribution in [2.75, 3.05) is 20.1 Å². The summed E-state index contributed by atoms with van der Waals surface area (Å²) < 4.78 is 0. The number of rotatable bonds is 6. The normalized spacial score (nSPS) is 11.2. The Bertz CT molecular complexity index is 813. The maximum Gasteiger partial charge on any atom is 0.191 e. The van der Waals surface area contributed by atoms with Crippen molar-refractivity contribution in [2.45, 2.75) is 12.8 Å². The lowest BCUT2D eigenvalue weighted by atomic mass is 10.2. The molecule has 0 saturated carbocycles. The van der Waals surface area contributed by atoms with Crippen molar-refractivity contribution < 1.29 is 0 Å². The number of hydrogen-bond acceptors (Lipinski definition) is 3. The van der Waals surface area contributed by atoms with Crippen LogP contribution in [0.1, 0.15) is 11.4 Å². The molecule has 3 aromatic rings. The number of hydrogen-bond donors (Lipinski definition) is 3. The van der Waals surface area contributed by atoms with Crippen LogP contribution >= 0.6 is 35.6 Å². The van der Waals surface area contributed by atoms with Crippen LogP contribution in [0.4, 0.5) is 0 Å². The van der Waals surface area contributed by atoms with E-state index in [0.29, 0.717) is 5.15 Å². The largest absolute Gasteiger partial charge is 0.356 e. The molecule has 0 fully saturated rings. The fourth-order valence-corrected chi connectivity index (χ4v) is 2.64. The molecule has 26 heavy (non-hydrogen) atoms. The minimum absolute atomic E-state index is 0. The molecule has 3 rings (SSSR count). The van der Waals surface area contributed by atoms with Crippen molar-refractivity contribution in [3.05, 3.63) is 59.1 Å². The van der Waals surface area contributed by atoms with Crippen LogP contribution < -0.4 is 10.6 Å². The van der Waals surface area contributed by atoms with Crippen LogP contribution in [0.3, 0.4) is 0 Å². The Hall–Kier alpha value is -1.87. The van der Waals surface area contributed by atoms with E-state index in [4.69, 9.17) is 11.6 Å². The van der Waals surface area contributed by atoms with Crippen molar-refractivity contribution in [1.29, 1.82) is 0 Å². The number of pyridine rings is 1. The molecule has 0 radical (unpaired) electrons. The molecule has 0 unspecified atom stereocenters. The summed E-state index contributed by atoms with van der Waals surface area (Å²) in [6, 6.07) is 11.8. The summed E-state index contributed by atoms with van der Waals surface area (Å²) in [4.78, 5) is 16.2. The predicted octanol–water partition coefficient (Wildman–Crippen LogP) is 3.18. The molecule has 138 valence electrons. The van der Waals surface area contributed by atoms with Gasteiger partial charge in [-0.3, -0.25) is 4.99 Å². The lowest BCUT2D eigenvalue weighted by Gasteiger charge is -2.11. The van der Waals surface area contributed by atoms with Gasteiger partial charge in [-0.1, -0.05) is 29.8 Å². The monoisotopic (exact) mass is 484 g/mol. The van der Waals surface area contributed by atoms with Crippen LogP contribution in [-0.2, 0) is 12.8 Å². The zero-order valence-corrected chi connectivity index (χ0v) is 17.6. The first-order valence-electron chi connectivity index (χ1n) is 8.23. The number of aromatic nitrogens is 3. The fourth-order valence-electron chi connectivity index (χ4n) is 2.52. The number of benzene rings is 1. The number of aromatic amines is 1. The number of nitrogens with one attached hydrogen (secondary N) is 3. The van der Waals surface area contributed by atoms with Gasteiger partial charge in [-0.05, 0) is 30.2 Å². The third-order valence-electron chi connectivity index (χ3n) is 3.81. The van der Waals surface area contributed by atoms with Crippen LogP contribution in [-0.4, -0.2) is 41.0 Å². The molecule has 0 amide bonds. The van der Waals surface area contributed by atoms with Gasteiger partial charge in [0.15, 0.2) is 5.96 Å². The highest BCUT2D eigenvalue weighted by molar-refractivity contribution is 14.0. The van der Waals surface area contributed by atoms with E-state index >= 15 is 0 Å². The first-order valence-corrected chi connectivity index (χ1v) is 8.61. The summed E-state index contributed by atoms with van der Waals surface area (Å²) in [6.07, 6.45) is 3.45. The molecule has 8 heteroatoms. The lowest BCUT2D eigenvalue weighted by molar-refractivity contribution is 0.769. The van der Waals surface area contributed by atoms with E-state index in [1.807, 2.05) is 30.3 Å². The van der Waals surface area contributed by atoms with Gasteiger partial charge in [-0.2, -0.15) is 0 Å². The summed E-state index contributed by atoms with van der Waals surface area (Å²) in [5.74, 6) is 1.74. The molecule has 0 aliphatic carbocycles. The zero-order valence-electron chi connectivity index (χ0n) is 14.5. The summed E-state index contributed by atoms with van der Waals surface area (Å²) in [7, 11) is 1.76. The van der Waals surface area contributed by atoms with Crippen LogP contribution in [0.5, 0.6) is 0 Å². The average Bonchev–Trinajstić information content (AvgIpc) is 3.05. The SMILES string of the molecule is CN=C(NCCc1ccc(Cl)nc1)NCCc1nc2ccccc2[nH]1.I. The maximum atomic E-state index is 5.79. The zero-order chi connectivity index (χ0) is 17.5. The molecule has 0 saturated heterocycles. The van der Waals surface area contributed by atoms with Crippen molar-refractivity contribution in [3.8, 4) is 0 Å². The quantitative estimate of drug-likeness (QED) is 0.217. The van der Waals surface area contributed by atoms with Crippen LogP contribution in [0, 0.1) is 0 Å². The Labute approximate surface area is 174 Å². The number of aliphatic imine (C=N–C) groups is 1. The summed E-state index contributed by atoms with van der Waals surface area (Å²) in [6.45, 7) is 1.52. The van der Waals surface area contributed by atoms with Crippen molar-refractivity contribution in [3.63, 3.8) is 0 Å². The minimum atomic E-state index is 0. The second-order valence-electron chi connectivity index (χ2n) is 5.62. The Morgan fingerprint density at radius 1 is 1.12 bits per heavy atom. The van der Waals surface area contributed by atoms with Crippen LogP contribution in [0.25, 0.3) is 11.0 Å². The topological polar surface area (TPSA) is 78.0 Å². The minimum Gasteiger partial charge on any atom is -0.356 e. The standard InChI is InChI=1S/C18H21ClN6.HI/c1-20-18(21-10-8-13-6-7-16(19)23-12-13)22-11-9-17-24-14-4-2-3-5-15(14)25-17;/h2-7,12H,8-11H2,1H3,(H,24,25)(H2,20,21,22);1H. The van der Waals surface area contributed by atoms with Gasteiger partial charge in [0.05, 0.1) is 11.0 Å². The molecule has 2 aromatic heterocycles. The second kappa shape index (κ2) is 10.3. The lowest BCUT2D eigenvalue weighted by Crippen LogP contribution is -2.39. The predicted molar refractivity (Wildman–Crippen MR) is 118 cm³/mol. The van der Waals surface area contributed by atoms with E-state index in [0.717, 1.165) is 54.3 Å². The molecule has 0 aliphatic heterocycles. The number of halogens is 2. The highest BCUT2D eigenvalue weighted by Crippen LogP contribution is 2.10. The summed E-state index contributed by atoms with van der Waals surface area (Å²) in [5.41, 5.74) is 3.20. The number of imidazole rings is 1. The van der Waals surface area contributed by atoms with E-state index in [-0.39, 0.29) is 24.0 Å². The molecule has 0 bridgehead atoms. The third-order valence-corrected chi connectivity index (χ3v) is 4.03. The van der Waals surface area contributed by atoms with Gasteiger partial charge in [-0.25, -0.2) is 9.97 Å². The highest BCUT2D eigenvalue weighted by Gasteiger charge is 2.03. The summed E-state index contributed by atoms with van der Waals surface area (Å²) in [5, 5.41) is 7.11. The Balaban J connectivity index is 0.00000243. The number of guanidine groups is 1. The Morgan fingerprint density at radius 2 is 1.88 bits per heavy atom. The smallest absolute Gasteiger partial charge is 0.191 e. The van der Waals surface area contributed by atoms with Gasteiger partial charge >= 0.3 is 0 Å². The maximum absolute atomic E-state index is 5.79. The van der Waals surface area contributed by atoms with Gasteiger partial charge in [0.1, 0.15) is 11.0 Å². The van der Waals surface area contributed by atoms with Gasteiger partial charge in [-0.15, -0.1) is 24.0 Å². The van der Waals surface area contributed by atoms with Gasteiger partial charge in [0.25, 0.3) is 0 Å². The van der Waals surface area contributed by atoms with Crippen LogP contribution in [0.15, 0.2) is 47.6 Å². The third kappa shape index (κ3) is 5.84. The van der Waals surface area contributed by atoms with E-state index in [2.05, 4.69) is 30.6 Å². The number of nitrogens with zero attached hydrogens (tertiary/aromatic N) is 3. The van der Waals surface area contributed by atoms with E-state index in [1.165, 1.54) is 0 Å². The van der Waals surface area contributed by atoms with Crippen molar-refractivity contribution >= 4 is 52.6 Å². The molecule has 0 atom stereocenters. The first kappa shape index (κ1) is 20.4. The molecular weight excluding hydrogens is 463 g/mol. The number of H-pyrrole nitrogens is 1. The molecule has 1 aromatic carbocycles. The van der Waals surface area contributed by atoms with E-state index < -0.39 is 0 Å². The van der Waals surface area contributed by atoms with E-state index in [1.54, 1.807) is 19.3 Å². The highest BCUT2D eigenvalue weighted by atomic mass is 127. The molecule has 3 N–H and O–H groups in total. The summed E-state index contributed by atoms with van der Waals surface area (Å²) >= 11 is 5.79. The van der Waals surface area contributed by atoms with Crippen molar-refractivity contribution in [2.24, 2.45) is 4.99 Å². The molecule has 6 nitrogen and oxygen atoms in total. The van der Waals surface area contributed by atoms with Gasteiger partial charge in [0.2, 0.25) is 0 Å². The van der Waals surface area contributed by atoms with Gasteiger partial charge in [0, 0.05) is 32.8 Å². The molecule has 0 aliphatic rings. The fraction of sp³-hybridized carbons (Fsp3) is 0.278. The van der Waals surface area contributed by atoms with Gasteiger partial charge < -0.3 is 15.6 Å². The molecular formula is C18H22ClIN6. The average molecular weight is 485 g/mol. The first-order chi connectivity index (χ1) is 12.2. The number of para-hydroxylation sites is 2. The van der Waals surface area contributed by atoms with Crippen molar-refractivity contribution in [1.82, 2.24) is 25.6 Å². The Morgan fingerprint density at radius 3 is 2.58 bits per heavy atom.